The minimum Gasteiger partial charge on any atom is -0.493 e. The van der Waals surface area contributed by atoms with Gasteiger partial charge >= 0.3 is 0 Å². The van der Waals surface area contributed by atoms with Crippen LogP contribution in [0.3, 0.4) is 0 Å². The highest BCUT2D eigenvalue weighted by atomic mass is 16.5. The molecule has 2 aromatic carbocycles. The molecule has 30 heavy (non-hydrogen) atoms. The van der Waals surface area contributed by atoms with Crippen molar-refractivity contribution in [2.45, 2.75) is 45.3 Å². The van der Waals surface area contributed by atoms with Gasteiger partial charge in [-0.25, -0.2) is 0 Å². The second kappa shape index (κ2) is 10.9. The van der Waals surface area contributed by atoms with Crippen molar-refractivity contribution in [3.63, 3.8) is 0 Å². The van der Waals surface area contributed by atoms with E-state index < -0.39 is 6.10 Å². The van der Waals surface area contributed by atoms with Gasteiger partial charge in [-0.1, -0.05) is 30.3 Å². The van der Waals surface area contributed by atoms with E-state index in [1.165, 1.54) is 5.56 Å². The Hall–Kier alpha value is -2.73. The molecule has 0 bridgehead atoms. The minimum atomic E-state index is -0.669. The van der Waals surface area contributed by atoms with Crippen LogP contribution in [0.2, 0.25) is 0 Å². The summed E-state index contributed by atoms with van der Waals surface area (Å²) in [5.74, 6) is 2.85. The normalized spacial score (nSPS) is 17.1. The van der Waals surface area contributed by atoms with Crippen molar-refractivity contribution in [2.24, 2.45) is 4.99 Å². The van der Waals surface area contributed by atoms with E-state index in [-0.39, 0.29) is 12.6 Å². The number of hydrogen-bond acceptors (Lipinski definition) is 4. The van der Waals surface area contributed by atoms with E-state index in [1.807, 2.05) is 63.2 Å². The molecule has 1 aliphatic rings. The molecule has 0 amide bonds. The van der Waals surface area contributed by atoms with Crippen molar-refractivity contribution >= 4 is 5.96 Å². The molecule has 0 saturated carbocycles. The van der Waals surface area contributed by atoms with E-state index in [0.29, 0.717) is 11.9 Å². The second-order valence-corrected chi connectivity index (χ2v) is 7.72. The van der Waals surface area contributed by atoms with E-state index in [2.05, 4.69) is 21.7 Å². The Morgan fingerprint density at radius 2 is 1.93 bits per heavy atom. The van der Waals surface area contributed by atoms with Crippen LogP contribution in [0.15, 0.2) is 53.5 Å². The number of fused-ring (bicyclic) bond motifs is 1. The first-order valence-corrected chi connectivity index (χ1v) is 10.8. The SMILES string of the molecule is CCNC(=NCC(O)c1ccc(OC(C)C)cc1)NCC1CCOc2ccccc21. The standard InChI is InChI=1S/C24H33N3O3/c1-4-25-24(26-15-19-13-14-29-23-8-6-5-7-21(19)23)27-16-22(28)18-9-11-20(12-10-18)30-17(2)3/h5-12,17,19,22,28H,4,13-16H2,1-3H3,(H2,25,26,27). The number of ether oxygens (including phenoxy) is 2. The third-order valence-corrected chi connectivity index (χ3v) is 5.00. The van der Waals surface area contributed by atoms with Gasteiger partial charge in [-0.3, -0.25) is 4.99 Å². The summed E-state index contributed by atoms with van der Waals surface area (Å²) in [6, 6.07) is 15.7. The number of para-hydroxylation sites is 1. The average molecular weight is 412 g/mol. The van der Waals surface area contributed by atoms with Gasteiger partial charge in [-0.2, -0.15) is 0 Å². The summed E-state index contributed by atoms with van der Waals surface area (Å²) in [5.41, 5.74) is 2.06. The summed E-state index contributed by atoms with van der Waals surface area (Å²) in [5, 5.41) is 17.2. The molecule has 2 atom stereocenters. The number of aliphatic hydroxyl groups is 1. The molecule has 0 saturated heterocycles. The largest absolute Gasteiger partial charge is 0.493 e. The molecule has 0 aliphatic carbocycles. The predicted molar refractivity (Wildman–Crippen MR) is 120 cm³/mol. The van der Waals surface area contributed by atoms with Gasteiger partial charge in [0.15, 0.2) is 5.96 Å². The highest BCUT2D eigenvalue weighted by Crippen LogP contribution is 2.32. The number of guanidine groups is 1. The second-order valence-electron chi connectivity index (χ2n) is 7.72. The van der Waals surface area contributed by atoms with Gasteiger partial charge in [0.05, 0.1) is 25.4 Å². The van der Waals surface area contributed by atoms with E-state index in [9.17, 15) is 5.11 Å². The van der Waals surface area contributed by atoms with Gasteiger partial charge < -0.3 is 25.2 Å². The van der Waals surface area contributed by atoms with Gasteiger partial charge in [0.1, 0.15) is 11.5 Å². The van der Waals surface area contributed by atoms with Crippen LogP contribution in [0.5, 0.6) is 11.5 Å². The van der Waals surface area contributed by atoms with Crippen LogP contribution in [0, 0.1) is 0 Å². The summed E-state index contributed by atoms with van der Waals surface area (Å²) in [4.78, 5) is 4.58. The van der Waals surface area contributed by atoms with Crippen molar-refractivity contribution in [3.8, 4) is 11.5 Å². The molecule has 1 aliphatic heterocycles. The molecule has 3 N–H and O–H groups in total. The molecule has 0 aromatic heterocycles. The Morgan fingerprint density at radius 1 is 1.17 bits per heavy atom. The van der Waals surface area contributed by atoms with Gasteiger partial charge in [-0.05, 0) is 56.5 Å². The summed E-state index contributed by atoms with van der Waals surface area (Å²) in [7, 11) is 0. The van der Waals surface area contributed by atoms with E-state index in [0.717, 1.165) is 43.2 Å². The summed E-state index contributed by atoms with van der Waals surface area (Å²) >= 11 is 0. The number of aliphatic hydroxyl groups excluding tert-OH is 1. The third-order valence-electron chi connectivity index (χ3n) is 5.00. The number of nitrogens with one attached hydrogen (secondary N) is 2. The minimum absolute atomic E-state index is 0.127. The Kier molecular flexibility index (Phi) is 7.97. The molecule has 162 valence electrons. The summed E-state index contributed by atoms with van der Waals surface area (Å²) in [6.07, 6.45) is 0.427. The van der Waals surface area contributed by atoms with Crippen LogP contribution in [0.4, 0.5) is 0 Å². The lowest BCUT2D eigenvalue weighted by Crippen LogP contribution is -2.40. The molecule has 0 spiro atoms. The average Bonchev–Trinajstić information content (AvgIpc) is 2.75. The Morgan fingerprint density at radius 3 is 2.67 bits per heavy atom. The van der Waals surface area contributed by atoms with E-state index in [1.54, 1.807) is 0 Å². The van der Waals surface area contributed by atoms with Gasteiger partial charge in [-0.15, -0.1) is 0 Å². The maximum atomic E-state index is 10.5. The first-order chi connectivity index (χ1) is 14.6. The van der Waals surface area contributed by atoms with Crippen LogP contribution in [0.25, 0.3) is 0 Å². The number of rotatable bonds is 8. The quantitative estimate of drug-likeness (QED) is 0.457. The molecule has 1 heterocycles. The zero-order valence-electron chi connectivity index (χ0n) is 18.1. The number of hydrogen-bond donors (Lipinski definition) is 3. The molecule has 6 heteroatoms. The molecular formula is C24H33N3O3. The van der Waals surface area contributed by atoms with Crippen molar-refractivity contribution < 1.29 is 14.6 Å². The van der Waals surface area contributed by atoms with Crippen LogP contribution < -0.4 is 20.1 Å². The molecule has 6 nitrogen and oxygen atoms in total. The highest BCUT2D eigenvalue weighted by molar-refractivity contribution is 5.79. The molecular weight excluding hydrogens is 378 g/mol. The van der Waals surface area contributed by atoms with Gasteiger partial charge in [0.25, 0.3) is 0 Å². The number of aliphatic imine (C=N–C) groups is 1. The van der Waals surface area contributed by atoms with Gasteiger partial charge in [0.2, 0.25) is 0 Å². The highest BCUT2D eigenvalue weighted by Gasteiger charge is 2.21. The van der Waals surface area contributed by atoms with Crippen LogP contribution in [0.1, 0.15) is 50.3 Å². The maximum Gasteiger partial charge on any atom is 0.191 e. The topological polar surface area (TPSA) is 75.1 Å². The molecule has 0 radical (unpaired) electrons. The van der Waals surface area contributed by atoms with Gasteiger partial charge in [0, 0.05) is 19.0 Å². The lowest BCUT2D eigenvalue weighted by atomic mass is 9.93. The molecule has 2 unspecified atom stereocenters. The summed E-state index contributed by atoms with van der Waals surface area (Å²) < 4.78 is 11.4. The van der Waals surface area contributed by atoms with Crippen LogP contribution in [-0.2, 0) is 0 Å². The lowest BCUT2D eigenvalue weighted by Gasteiger charge is -2.26. The maximum absolute atomic E-state index is 10.5. The fraction of sp³-hybridized carbons (Fsp3) is 0.458. The zero-order chi connectivity index (χ0) is 21.3. The zero-order valence-corrected chi connectivity index (χ0v) is 18.1. The lowest BCUT2D eigenvalue weighted by molar-refractivity contribution is 0.186. The molecule has 2 aromatic rings. The fourth-order valence-corrected chi connectivity index (χ4v) is 3.51. The molecule has 0 fully saturated rings. The van der Waals surface area contributed by atoms with E-state index in [4.69, 9.17) is 9.47 Å². The smallest absolute Gasteiger partial charge is 0.191 e. The third kappa shape index (κ3) is 6.13. The van der Waals surface area contributed by atoms with Crippen LogP contribution >= 0.6 is 0 Å². The monoisotopic (exact) mass is 411 g/mol. The number of benzene rings is 2. The Labute approximate surface area is 179 Å². The van der Waals surface area contributed by atoms with Crippen molar-refractivity contribution in [1.82, 2.24) is 10.6 Å². The molecule has 3 rings (SSSR count). The summed E-state index contributed by atoms with van der Waals surface area (Å²) in [6.45, 7) is 8.55. The fourth-order valence-electron chi connectivity index (χ4n) is 3.51. The van der Waals surface area contributed by atoms with Crippen molar-refractivity contribution in [1.29, 1.82) is 0 Å². The Balaban J connectivity index is 1.58. The first kappa shape index (κ1) is 22.0. The predicted octanol–water partition coefficient (Wildman–Crippen LogP) is 3.63. The van der Waals surface area contributed by atoms with Crippen molar-refractivity contribution in [2.75, 3.05) is 26.2 Å². The Bertz CT molecular complexity index is 821. The first-order valence-electron chi connectivity index (χ1n) is 10.8. The number of nitrogens with zero attached hydrogens (tertiary/aromatic N) is 1. The van der Waals surface area contributed by atoms with E-state index >= 15 is 0 Å². The van der Waals surface area contributed by atoms with Crippen molar-refractivity contribution in [3.05, 3.63) is 59.7 Å². The van der Waals surface area contributed by atoms with Crippen LogP contribution in [-0.4, -0.2) is 43.4 Å².